The molecule has 0 saturated carbocycles. The molecule has 0 aliphatic carbocycles. The highest BCUT2D eigenvalue weighted by molar-refractivity contribution is 7.91. The van der Waals surface area contributed by atoms with Gasteiger partial charge in [-0.3, -0.25) is 4.79 Å². The van der Waals surface area contributed by atoms with Gasteiger partial charge >= 0.3 is 11.7 Å². The van der Waals surface area contributed by atoms with Crippen LogP contribution in [-0.4, -0.2) is 32.2 Å². The third-order valence-corrected chi connectivity index (χ3v) is 5.34. The van der Waals surface area contributed by atoms with Crippen molar-refractivity contribution in [1.29, 1.82) is 0 Å². The lowest BCUT2D eigenvalue weighted by molar-refractivity contribution is -0.123. The van der Waals surface area contributed by atoms with E-state index in [-0.39, 0.29) is 5.56 Å². The molecule has 1 atom stereocenters. The summed E-state index contributed by atoms with van der Waals surface area (Å²) in [5.74, 6) is -4.99. The van der Waals surface area contributed by atoms with Gasteiger partial charge in [0, 0.05) is 5.69 Å². The van der Waals surface area contributed by atoms with Gasteiger partial charge in [-0.1, -0.05) is 17.7 Å². The number of carbonyl (C=O) groups is 2. The van der Waals surface area contributed by atoms with E-state index in [1.165, 1.54) is 6.92 Å². The molecule has 0 aliphatic rings. The van der Waals surface area contributed by atoms with E-state index in [1.54, 1.807) is 6.07 Å². The molecule has 9 heteroatoms. The number of rotatable bonds is 6. The molecule has 1 unspecified atom stereocenters. The lowest BCUT2D eigenvalue weighted by atomic mass is 10.1. The maximum atomic E-state index is 12.5. The number of hydrogen-bond acceptors (Lipinski definition) is 5. The van der Waals surface area contributed by atoms with E-state index >= 15 is 0 Å². The van der Waals surface area contributed by atoms with Gasteiger partial charge < -0.3 is 10.1 Å². The minimum atomic E-state index is -4.75. The van der Waals surface area contributed by atoms with Crippen molar-refractivity contribution < 1.29 is 31.5 Å². The van der Waals surface area contributed by atoms with Crippen LogP contribution in [0.2, 0.25) is 0 Å². The minimum absolute atomic E-state index is 0.0700. The molecule has 1 amide bonds. The Bertz CT molecular complexity index is 988. The van der Waals surface area contributed by atoms with Gasteiger partial charge in [0.1, 0.15) is 0 Å². The molecule has 0 bridgehead atoms. The van der Waals surface area contributed by atoms with Crippen molar-refractivity contribution in [2.45, 2.75) is 37.5 Å². The highest BCUT2D eigenvalue weighted by Gasteiger charge is 2.27. The largest absolute Gasteiger partial charge is 0.449 e. The Morgan fingerprint density at radius 2 is 1.64 bits per heavy atom. The second-order valence-electron chi connectivity index (χ2n) is 6.19. The number of amides is 1. The third-order valence-electron chi connectivity index (χ3n) is 3.95. The number of benzene rings is 2. The molecule has 0 fully saturated rings. The van der Waals surface area contributed by atoms with E-state index in [4.69, 9.17) is 4.74 Å². The van der Waals surface area contributed by atoms with Gasteiger partial charge in [-0.05, 0) is 56.7 Å². The zero-order valence-corrected chi connectivity index (χ0v) is 16.2. The maximum absolute atomic E-state index is 12.5. The zero-order chi connectivity index (χ0) is 21.1. The van der Waals surface area contributed by atoms with E-state index in [0.717, 1.165) is 35.4 Å². The van der Waals surface area contributed by atoms with Crippen LogP contribution in [0.25, 0.3) is 0 Å². The quantitative estimate of drug-likeness (QED) is 0.735. The predicted octanol–water partition coefficient (Wildman–Crippen LogP) is 3.48. The highest BCUT2D eigenvalue weighted by atomic mass is 32.2. The highest BCUT2D eigenvalue weighted by Crippen LogP contribution is 2.20. The number of hydrogen-bond donors (Lipinski definition) is 1. The Morgan fingerprint density at radius 3 is 2.18 bits per heavy atom. The summed E-state index contributed by atoms with van der Waals surface area (Å²) in [6.45, 7) is 5.13. The van der Waals surface area contributed by atoms with Crippen molar-refractivity contribution in [2.75, 3.05) is 5.32 Å². The molecule has 0 saturated heterocycles. The molecule has 2 aromatic rings. The Kier molecular flexibility index (Phi) is 6.50. The first kappa shape index (κ1) is 21.5. The molecular formula is C19H19F2NO5S. The van der Waals surface area contributed by atoms with Crippen molar-refractivity contribution >= 4 is 27.4 Å². The summed E-state index contributed by atoms with van der Waals surface area (Å²) in [5.41, 5.74) is 2.40. The summed E-state index contributed by atoms with van der Waals surface area (Å²) < 4.78 is 52.9. The smallest absolute Gasteiger partial charge is 0.341 e. The van der Waals surface area contributed by atoms with Crippen molar-refractivity contribution in [3.8, 4) is 0 Å². The fraction of sp³-hybridized carbons (Fsp3) is 0.263. The third kappa shape index (κ3) is 4.92. The maximum Gasteiger partial charge on any atom is 0.341 e. The summed E-state index contributed by atoms with van der Waals surface area (Å²) in [6, 6.07) is 9.32. The average Bonchev–Trinajstić information content (AvgIpc) is 2.63. The Balaban J connectivity index is 2.04. The van der Waals surface area contributed by atoms with Gasteiger partial charge in [0.25, 0.3) is 5.91 Å². The van der Waals surface area contributed by atoms with Crippen LogP contribution in [0.15, 0.2) is 47.4 Å². The number of ether oxygens (including phenoxy) is 1. The van der Waals surface area contributed by atoms with E-state index in [9.17, 15) is 26.8 Å². The van der Waals surface area contributed by atoms with E-state index in [0.29, 0.717) is 5.69 Å². The fourth-order valence-corrected chi connectivity index (χ4v) is 3.08. The van der Waals surface area contributed by atoms with Crippen LogP contribution in [0.5, 0.6) is 0 Å². The summed E-state index contributed by atoms with van der Waals surface area (Å²) in [7, 11) is -4.75. The zero-order valence-electron chi connectivity index (χ0n) is 15.4. The number of esters is 1. The van der Waals surface area contributed by atoms with Gasteiger partial charge in [0.05, 0.1) is 10.5 Å². The average molecular weight is 411 g/mol. The van der Waals surface area contributed by atoms with Gasteiger partial charge in [-0.2, -0.15) is 8.78 Å². The molecular weight excluding hydrogens is 392 g/mol. The summed E-state index contributed by atoms with van der Waals surface area (Å²) >= 11 is 0. The van der Waals surface area contributed by atoms with Crippen LogP contribution in [0, 0.1) is 13.8 Å². The minimum Gasteiger partial charge on any atom is -0.449 e. The summed E-state index contributed by atoms with van der Waals surface area (Å²) in [5, 5.41) is 2.66. The molecule has 0 aliphatic heterocycles. The van der Waals surface area contributed by atoms with Crippen molar-refractivity contribution in [3.05, 3.63) is 59.2 Å². The lowest BCUT2D eigenvalue weighted by Crippen LogP contribution is -2.30. The van der Waals surface area contributed by atoms with Crippen molar-refractivity contribution in [2.24, 2.45) is 0 Å². The van der Waals surface area contributed by atoms with E-state index in [1.807, 2.05) is 26.0 Å². The van der Waals surface area contributed by atoms with Crippen LogP contribution in [0.1, 0.15) is 28.4 Å². The van der Waals surface area contributed by atoms with Crippen LogP contribution >= 0.6 is 0 Å². The van der Waals surface area contributed by atoms with Gasteiger partial charge in [-0.25, -0.2) is 13.2 Å². The van der Waals surface area contributed by atoms with E-state index in [2.05, 4.69) is 5.32 Å². The molecule has 6 nitrogen and oxygen atoms in total. The van der Waals surface area contributed by atoms with Crippen LogP contribution in [-0.2, 0) is 19.4 Å². The van der Waals surface area contributed by atoms with Crippen LogP contribution in [0.4, 0.5) is 14.5 Å². The molecule has 0 heterocycles. The Labute approximate surface area is 161 Å². The monoisotopic (exact) mass is 411 g/mol. The second kappa shape index (κ2) is 8.47. The number of nitrogens with one attached hydrogen (secondary N) is 1. The van der Waals surface area contributed by atoms with Gasteiger partial charge in [0.15, 0.2) is 6.10 Å². The first-order valence-electron chi connectivity index (χ1n) is 8.23. The van der Waals surface area contributed by atoms with Gasteiger partial charge in [0.2, 0.25) is 9.84 Å². The molecule has 28 heavy (non-hydrogen) atoms. The number of sulfone groups is 1. The first-order valence-corrected chi connectivity index (χ1v) is 9.78. The molecule has 0 aromatic heterocycles. The number of halogens is 2. The Hall–Kier alpha value is -2.81. The molecule has 2 aromatic carbocycles. The van der Waals surface area contributed by atoms with Crippen molar-refractivity contribution in [3.63, 3.8) is 0 Å². The topological polar surface area (TPSA) is 89.5 Å². The molecule has 0 radical (unpaired) electrons. The number of aryl methyl sites for hydroxylation is 2. The van der Waals surface area contributed by atoms with Gasteiger partial charge in [-0.15, -0.1) is 0 Å². The van der Waals surface area contributed by atoms with Crippen LogP contribution in [0.3, 0.4) is 0 Å². The molecule has 150 valence electrons. The summed E-state index contributed by atoms with van der Waals surface area (Å²) in [6.07, 6.45) is -1.13. The standard InChI is InChI=1S/C19H19F2NO5S/c1-11-4-9-16(12(2)10-11)22-17(23)13(3)27-18(24)14-5-7-15(8-6-14)28(25,26)19(20)21/h4-10,13,19H,1-3H3,(H,22,23). The van der Waals surface area contributed by atoms with E-state index < -0.39 is 38.5 Å². The number of anilines is 1. The normalized spacial score (nSPS) is 12.5. The fourth-order valence-electron chi connectivity index (χ4n) is 2.35. The first-order chi connectivity index (χ1) is 13.0. The SMILES string of the molecule is Cc1ccc(NC(=O)C(C)OC(=O)c2ccc(S(=O)(=O)C(F)F)cc2)c(C)c1. The van der Waals surface area contributed by atoms with Crippen LogP contribution < -0.4 is 5.32 Å². The second-order valence-corrected chi connectivity index (χ2v) is 8.10. The predicted molar refractivity (Wildman–Crippen MR) is 99.1 cm³/mol. The summed E-state index contributed by atoms with van der Waals surface area (Å²) in [4.78, 5) is 23.7. The lowest BCUT2D eigenvalue weighted by Gasteiger charge is -2.15. The number of alkyl halides is 2. The molecule has 2 rings (SSSR count). The molecule has 1 N–H and O–H groups in total. The van der Waals surface area contributed by atoms with Crippen molar-refractivity contribution in [1.82, 2.24) is 0 Å². The Morgan fingerprint density at radius 1 is 1.04 bits per heavy atom. The number of carbonyl (C=O) groups excluding carboxylic acids is 2. The molecule has 0 spiro atoms.